The molecule has 102 valence electrons. The quantitative estimate of drug-likeness (QED) is 0.841. The van der Waals surface area contributed by atoms with E-state index < -0.39 is 10.0 Å². The summed E-state index contributed by atoms with van der Waals surface area (Å²) in [6.45, 7) is 2.18. The first kappa shape index (κ1) is 14.6. The molecule has 7 heteroatoms. The van der Waals surface area contributed by atoms with Gasteiger partial charge < -0.3 is 0 Å². The third-order valence-electron chi connectivity index (χ3n) is 2.57. The zero-order valence-electron chi connectivity index (χ0n) is 10.5. The van der Waals surface area contributed by atoms with E-state index in [1.807, 2.05) is 12.3 Å². The summed E-state index contributed by atoms with van der Waals surface area (Å²) in [5.74, 6) is 0. The van der Waals surface area contributed by atoms with E-state index in [0.29, 0.717) is 0 Å². The summed E-state index contributed by atoms with van der Waals surface area (Å²) in [4.78, 5) is 4.56. The van der Waals surface area contributed by atoms with Gasteiger partial charge in [0.15, 0.2) is 0 Å². The number of thiazole rings is 1. The Bertz CT molecular complexity index is 665. The molecule has 1 aromatic carbocycles. The van der Waals surface area contributed by atoms with Crippen LogP contribution >= 0.6 is 27.3 Å². The van der Waals surface area contributed by atoms with Crippen LogP contribution in [0.5, 0.6) is 0 Å². The number of aryl methyl sites for hydroxylation is 1. The molecule has 1 aromatic heterocycles. The summed E-state index contributed by atoms with van der Waals surface area (Å²) < 4.78 is 26.8. The third-order valence-corrected chi connectivity index (χ3v) is 5.74. The van der Waals surface area contributed by atoms with Gasteiger partial charge in [0.2, 0.25) is 10.0 Å². The third kappa shape index (κ3) is 3.42. The van der Waals surface area contributed by atoms with E-state index in [2.05, 4.69) is 20.9 Å². The molecule has 4 nitrogen and oxygen atoms in total. The van der Waals surface area contributed by atoms with Crippen molar-refractivity contribution in [2.45, 2.75) is 18.4 Å². The number of nitrogens with zero attached hydrogens (tertiary/aromatic N) is 2. The zero-order valence-corrected chi connectivity index (χ0v) is 13.7. The zero-order chi connectivity index (χ0) is 14.0. The lowest BCUT2D eigenvalue weighted by molar-refractivity contribution is 0.463. The van der Waals surface area contributed by atoms with Gasteiger partial charge in [-0.05, 0) is 31.2 Å². The molecule has 0 spiro atoms. The van der Waals surface area contributed by atoms with Gasteiger partial charge in [-0.25, -0.2) is 13.4 Å². The molecule has 0 fully saturated rings. The van der Waals surface area contributed by atoms with Crippen molar-refractivity contribution >= 4 is 37.3 Å². The molecule has 0 amide bonds. The molecule has 19 heavy (non-hydrogen) atoms. The maximum atomic E-state index is 12.3. The van der Waals surface area contributed by atoms with Crippen molar-refractivity contribution in [2.24, 2.45) is 0 Å². The van der Waals surface area contributed by atoms with Crippen LogP contribution in [0.15, 0.2) is 39.0 Å². The fourth-order valence-corrected chi connectivity index (χ4v) is 3.59. The Morgan fingerprint density at radius 3 is 2.47 bits per heavy atom. The van der Waals surface area contributed by atoms with Gasteiger partial charge in [-0.3, -0.25) is 0 Å². The topological polar surface area (TPSA) is 50.3 Å². The molecule has 0 unspecified atom stereocenters. The van der Waals surface area contributed by atoms with E-state index in [1.165, 1.54) is 15.6 Å². The number of benzene rings is 1. The van der Waals surface area contributed by atoms with E-state index in [-0.39, 0.29) is 11.4 Å². The molecule has 0 saturated heterocycles. The number of sulfonamides is 1. The van der Waals surface area contributed by atoms with E-state index in [9.17, 15) is 8.42 Å². The summed E-state index contributed by atoms with van der Waals surface area (Å²) in [5, 5.41) is 2.81. The highest BCUT2D eigenvalue weighted by molar-refractivity contribution is 9.10. The Labute approximate surface area is 125 Å². The van der Waals surface area contributed by atoms with Crippen LogP contribution in [-0.4, -0.2) is 24.8 Å². The van der Waals surface area contributed by atoms with Crippen molar-refractivity contribution < 1.29 is 8.42 Å². The SMILES string of the molecule is Cc1nc(CN(C)S(=O)(=O)c2ccc(Br)cc2)cs1. The van der Waals surface area contributed by atoms with E-state index >= 15 is 0 Å². The minimum Gasteiger partial charge on any atom is -0.245 e. The lowest BCUT2D eigenvalue weighted by atomic mass is 10.4. The Kier molecular flexibility index (Phi) is 4.39. The van der Waals surface area contributed by atoms with Crippen LogP contribution in [0.4, 0.5) is 0 Å². The van der Waals surface area contributed by atoms with Gasteiger partial charge in [-0.15, -0.1) is 11.3 Å². The fraction of sp³-hybridized carbons (Fsp3) is 0.250. The Morgan fingerprint density at radius 1 is 1.32 bits per heavy atom. The maximum absolute atomic E-state index is 12.3. The summed E-state index contributed by atoms with van der Waals surface area (Å²) in [6, 6.07) is 6.60. The van der Waals surface area contributed by atoms with Crippen LogP contribution in [0, 0.1) is 6.92 Å². The second kappa shape index (κ2) is 5.70. The second-order valence-corrected chi connectivity index (χ2v) is 8.10. The van der Waals surface area contributed by atoms with Crippen molar-refractivity contribution in [2.75, 3.05) is 7.05 Å². The second-order valence-electron chi connectivity index (χ2n) is 4.07. The van der Waals surface area contributed by atoms with Crippen molar-refractivity contribution in [1.82, 2.24) is 9.29 Å². The Hall–Kier alpha value is -0.760. The van der Waals surface area contributed by atoms with Gasteiger partial charge in [0.25, 0.3) is 0 Å². The van der Waals surface area contributed by atoms with Crippen LogP contribution in [0.2, 0.25) is 0 Å². The van der Waals surface area contributed by atoms with Crippen LogP contribution in [0.1, 0.15) is 10.7 Å². The number of hydrogen-bond acceptors (Lipinski definition) is 4. The van der Waals surface area contributed by atoms with E-state index in [0.717, 1.165) is 15.2 Å². The van der Waals surface area contributed by atoms with Gasteiger partial charge in [0.05, 0.1) is 22.1 Å². The van der Waals surface area contributed by atoms with E-state index in [4.69, 9.17) is 0 Å². The predicted molar refractivity (Wildman–Crippen MR) is 79.6 cm³/mol. The van der Waals surface area contributed by atoms with Crippen LogP contribution in [0.25, 0.3) is 0 Å². The number of rotatable bonds is 4. The molecule has 0 aliphatic heterocycles. The molecule has 0 bridgehead atoms. The maximum Gasteiger partial charge on any atom is 0.243 e. The largest absolute Gasteiger partial charge is 0.245 e. The normalized spacial score (nSPS) is 12.0. The summed E-state index contributed by atoms with van der Waals surface area (Å²) in [7, 11) is -1.91. The highest BCUT2D eigenvalue weighted by Crippen LogP contribution is 2.19. The Balaban J connectivity index is 2.21. The highest BCUT2D eigenvalue weighted by atomic mass is 79.9. The van der Waals surface area contributed by atoms with Crippen molar-refractivity contribution in [3.8, 4) is 0 Å². The molecule has 0 radical (unpaired) electrons. The predicted octanol–water partition coefficient (Wildman–Crippen LogP) is 3.03. The molecular formula is C12H13BrN2O2S2. The minimum atomic E-state index is -3.47. The van der Waals surface area contributed by atoms with Crippen LogP contribution in [0.3, 0.4) is 0 Å². The summed E-state index contributed by atoms with van der Waals surface area (Å²) in [6.07, 6.45) is 0. The van der Waals surface area contributed by atoms with Crippen molar-refractivity contribution in [3.05, 3.63) is 44.8 Å². The van der Waals surface area contributed by atoms with Gasteiger partial charge in [0, 0.05) is 16.9 Å². The monoisotopic (exact) mass is 360 g/mol. The average Bonchev–Trinajstić information content (AvgIpc) is 2.75. The molecule has 2 rings (SSSR count). The van der Waals surface area contributed by atoms with E-state index in [1.54, 1.807) is 31.3 Å². The molecule has 2 aromatic rings. The first-order valence-corrected chi connectivity index (χ1v) is 8.64. The first-order valence-electron chi connectivity index (χ1n) is 5.52. The van der Waals surface area contributed by atoms with Crippen LogP contribution in [-0.2, 0) is 16.6 Å². The van der Waals surface area contributed by atoms with Gasteiger partial charge >= 0.3 is 0 Å². The van der Waals surface area contributed by atoms with Crippen molar-refractivity contribution in [3.63, 3.8) is 0 Å². The number of aromatic nitrogens is 1. The van der Waals surface area contributed by atoms with Gasteiger partial charge in [-0.2, -0.15) is 4.31 Å². The molecule has 0 aliphatic rings. The molecule has 1 heterocycles. The molecule has 0 atom stereocenters. The lowest BCUT2D eigenvalue weighted by Gasteiger charge is -2.16. The highest BCUT2D eigenvalue weighted by Gasteiger charge is 2.21. The minimum absolute atomic E-state index is 0.280. The molecule has 0 saturated carbocycles. The van der Waals surface area contributed by atoms with Crippen molar-refractivity contribution in [1.29, 1.82) is 0 Å². The summed E-state index contributed by atoms with van der Waals surface area (Å²) >= 11 is 4.80. The fourth-order valence-electron chi connectivity index (χ4n) is 1.58. The van der Waals surface area contributed by atoms with Gasteiger partial charge in [-0.1, -0.05) is 15.9 Å². The van der Waals surface area contributed by atoms with Crippen LogP contribution < -0.4 is 0 Å². The number of hydrogen-bond donors (Lipinski definition) is 0. The summed E-state index contributed by atoms with van der Waals surface area (Å²) in [5.41, 5.74) is 0.769. The smallest absolute Gasteiger partial charge is 0.243 e. The van der Waals surface area contributed by atoms with Gasteiger partial charge in [0.1, 0.15) is 0 Å². The molecular weight excluding hydrogens is 348 g/mol. The average molecular weight is 361 g/mol. The Morgan fingerprint density at radius 2 is 1.95 bits per heavy atom. The molecule has 0 aliphatic carbocycles. The standard InChI is InChI=1S/C12H13BrN2O2S2/c1-9-14-11(8-18-9)7-15(2)19(16,17)12-5-3-10(13)4-6-12/h3-6,8H,7H2,1-2H3. The lowest BCUT2D eigenvalue weighted by Crippen LogP contribution is -2.26. The number of halogens is 1. The first-order chi connectivity index (χ1) is 8.89. The molecule has 0 N–H and O–H groups in total.